The molecule has 0 unspecified atom stereocenters. The Morgan fingerprint density at radius 1 is 0.730 bits per heavy atom. The van der Waals surface area contributed by atoms with Crippen molar-refractivity contribution in [2.45, 2.75) is 25.7 Å². The first-order chi connectivity index (χ1) is 17.8. The number of ether oxygens (including phenoxy) is 1. The van der Waals surface area contributed by atoms with Crippen LogP contribution in [0.2, 0.25) is 0 Å². The molecule has 1 N–H and O–H groups in total. The molecule has 6 nitrogen and oxygen atoms in total. The van der Waals surface area contributed by atoms with Gasteiger partial charge in [-0.2, -0.15) is 0 Å². The maximum atomic E-state index is 13.0. The van der Waals surface area contributed by atoms with Crippen LogP contribution in [0.15, 0.2) is 108 Å². The summed E-state index contributed by atoms with van der Waals surface area (Å²) in [5.41, 5.74) is 5.78. The van der Waals surface area contributed by atoms with Crippen molar-refractivity contribution in [2.75, 3.05) is 4.72 Å². The number of rotatable bonds is 7. The van der Waals surface area contributed by atoms with Crippen molar-refractivity contribution in [3.8, 4) is 28.4 Å². The zero-order valence-electron chi connectivity index (χ0n) is 20.8. The summed E-state index contributed by atoms with van der Waals surface area (Å²) in [5, 5.41) is 4.70. The van der Waals surface area contributed by atoms with E-state index in [1.807, 2.05) is 68.4 Å². The van der Waals surface area contributed by atoms with Gasteiger partial charge in [-0.15, -0.1) is 5.10 Å². The maximum absolute atomic E-state index is 13.0. The zero-order valence-corrected chi connectivity index (χ0v) is 21.7. The Morgan fingerprint density at radius 2 is 1.30 bits per heavy atom. The van der Waals surface area contributed by atoms with Gasteiger partial charge in [0.25, 0.3) is 10.0 Å². The second kappa shape index (κ2) is 9.95. The van der Waals surface area contributed by atoms with Crippen LogP contribution in [0.4, 0.5) is 5.82 Å². The average Bonchev–Trinajstić information content (AvgIpc) is 3.27. The van der Waals surface area contributed by atoms with E-state index in [1.54, 1.807) is 41.1 Å². The third-order valence-corrected chi connectivity index (χ3v) is 7.35. The van der Waals surface area contributed by atoms with Crippen molar-refractivity contribution in [2.24, 2.45) is 0 Å². The number of nitrogens with one attached hydrogen (secondary N) is 1. The number of aromatic nitrogens is 2. The van der Waals surface area contributed by atoms with Crippen molar-refractivity contribution >= 4 is 15.8 Å². The summed E-state index contributed by atoms with van der Waals surface area (Å²) < 4.78 is 36.4. The van der Waals surface area contributed by atoms with Gasteiger partial charge >= 0.3 is 0 Å². The first kappa shape index (κ1) is 24.3. The molecule has 0 amide bonds. The fraction of sp³-hybridized carbons (Fsp3) is 0.100. The smallest absolute Gasteiger partial charge is 0.263 e. The molecule has 7 heteroatoms. The Balaban J connectivity index is 1.56. The molecule has 0 aliphatic rings. The van der Waals surface area contributed by atoms with Gasteiger partial charge in [0.15, 0.2) is 5.82 Å². The Labute approximate surface area is 217 Å². The monoisotopic (exact) mass is 509 g/mol. The van der Waals surface area contributed by atoms with E-state index < -0.39 is 10.0 Å². The second-order valence-electron chi connectivity index (χ2n) is 8.93. The van der Waals surface area contributed by atoms with E-state index in [0.29, 0.717) is 5.75 Å². The molecule has 1 heterocycles. The van der Waals surface area contributed by atoms with Crippen LogP contribution in [0.5, 0.6) is 11.5 Å². The number of benzene rings is 4. The van der Waals surface area contributed by atoms with Crippen molar-refractivity contribution in [3.05, 3.63) is 120 Å². The molecule has 0 saturated carbocycles. The van der Waals surface area contributed by atoms with E-state index in [-0.39, 0.29) is 10.7 Å². The van der Waals surface area contributed by atoms with Crippen LogP contribution >= 0.6 is 0 Å². The predicted molar refractivity (Wildman–Crippen MR) is 147 cm³/mol. The summed E-state index contributed by atoms with van der Waals surface area (Å²) in [6.07, 6.45) is 0. The Morgan fingerprint density at radius 3 is 1.92 bits per heavy atom. The largest absolute Gasteiger partial charge is 0.457 e. The molecule has 0 aliphatic carbocycles. The van der Waals surface area contributed by atoms with E-state index in [9.17, 15) is 8.42 Å². The number of anilines is 1. The van der Waals surface area contributed by atoms with Crippen LogP contribution in [-0.4, -0.2) is 18.2 Å². The third-order valence-electron chi connectivity index (χ3n) is 5.98. The molecule has 0 radical (unpaired) electrons. The summed E-state index contributed by atoms with van der Waals surface area (Å²) in [6, 6.07) is 31.5. The Hall–Kier alpha value is -4.36. The minimum absolute atomic E-state index is 0.177. The van der Waals surface area contributed by atoms with Gasteiger partial charge < -0.3 is 4.74 Å². The molecule has 186 valence electrons. The van der Waals surface area contributed by atoms with Crippen LogP contribution < -0.4 is 9.46 Å². The molecular formula is C30H27N3O3S. The number of aryl methyl sites for hydroxylation is 3. The summed E-state index contributed by atoms with van der Waals surface area (Å²) in [7, 11) is -3.80. The van der Waals surface area contributed by atoms with Gasteiger partial charge in [-0.3, -0.25) is 4.72 Å². The van der Waals surface area contributed by atoms with Gasteiger partial charge in [-0.05, 0) is 80.4 Å². The highest BCUT2D eigenvalue weighted by atomic mass is 32.2. The molecule has 5 rings (SSSR count). The van der Waals surface area contributed by atoms with Crippen molar-refractivity contribution in [3.63, 3.8) is 0 Å². The lowest BCUT2D eigenvalue weighted by atomic mass is 10.0. The van der Waals surface area contributed by atoms with Gasteiger partial charge in [0.1, 0.15) is 11.5 Å². The van der Waals surface area contributed by atoms with E-state index in [4.69, 9.17) is 9.84 Å². The van der Waals surface area contributed by atoms with Gasteiger partial charge in [-0.25, -0.2) is 13.1 Å². The van der Waals surface area contributed by atoms with Crippen molar-refractivity contribution in [1.29, 1.82) is 0 Å². The number of hydrogen-bond donors (Lipinski definition) is 1. The second-order valence-corrected chi connectivity index (χ2v) is 10.6. The summed E-state index contributed by atoms with van der Waals surface area (Å²) >= 11 is 0. The molecular weight excluding hydrogens is 482 g/mol. The lowest BCUT2D eigenvalue weighted by Crippen LogP contribution is -2.13. The molecule has 0 saturated heterocycles. The summed E-state index contributed by atoms with van der Waals surface area (Å²) in [5.74, 6) is 1.69. The first-order valence-electron chi connectivity index (χ1n) is 11.9. The van der Waals surface area contributed by atoms with Gasteiger partial charge in [0.05, 0.1) is 16.3 Å². The lowest BCUT2D eigenvalue weighted by Gasteiger charge is -2.15. The molecule has 37 heavy (non-hydrogen) atoms. The highest BCUT2D eigenvalue weighted by Crippen LogP contribution is 2.32. The summed E-state index contributed by atoms with van der Waals surface area (Å²) in [4.78, 5) is 0.177. The maximum Gasteiger partial charge on any atom is 0.263 e. The molecule has 0 bridgehead atoms. The van der Waals surface area contributed by atoms with Gasteiger partial charge in [0.2, 0.25) is 0 Å². The van der Waals surface area contributed by atoms with E-state index in [2.05, 4.69) is 23.8 Å². The molecule has 1 aromatic heterocycles. The molecule has 4 aromatic carbocycles. The quantitative estimate of drug-likeness (QED) is 0.255. The molecule has 5 aromatic rings. The fourth-order valence-corrected chi connectivity index (χ4v) is 5.44. The molecule has 0 aliphatic heterocycles. The minimum atomic E-state index is -3.80. The van der Waals surface area contributed by atoms with Crippen LogP contribution in [0.1, 0.15) is 16.7 Å². The van der Waals surface area contributed by atoms with Crippen LogP contribution in [0.25, 0.3) is 16.9 Å². The SMILES string of the molecule is Cc1cc(C)c(-n2nc(NS(=O)(=O)c3ccccc3)cc2-c2ccc(Oc3ccccc3)cc2)c(C)c1. The topological polar surface area (TPSA) is 73.2 Å². The fourth-order valence-electron chi connectivity index (χ4n) is 4.43. The third kappa shape index (κ3) is 5.27. The number of para-hydroxylation sites is 1. The van der Waals surface area contributed by atoms with E-state index >= 15 is 0 Å². The Bertz CT molecular complexity index is 1620. The minimum Gasteiger partial charge on any atom is -0.457 e. The number of hydrogen-bond acceptors (Lipinski definition) is 4. The molecule has 0 fully saturated rings. The normalized spacial score (nSPS) is 11.3. The Kier molecular flexibility index (Phi) is 6.54. The average molecular weight is 510 g/mol. The standard InChI is InChI=1S/C30H27N3O3S/c1-21-18-22(2)30(23(3)19-21)33-28(20-29(31-33)32-37(34,35)27-12-8-5-9-13-27)24-14-16-26(17-15-24)36-25-10-6-4-7-11-25/h4-20H,1-3H3,(H,31,32). The molecule has 0 atom stereocenters. The van der Waals surface area contributed by atoms with Crippen LogP contribution in [0, 0.1) is 20.8 Å². The van der Waals surface area contributed by atoms with Gasteiger partial charge in [-0.1, -0.05) is 54.1 Å². The summed E-state index contributed by atoms with van der Waals surface area (Å²) in [6.45, 7) is 6.12. The zero-order chi connectivity index (χ0) is 26.0. The van der Waals surface area contributed by atoms with Crippen molar-refractivity contribution < 1.29 is 13.2 Å². The number of sulfonamides is 1. The van der Waals surface area contributed by atoms with Crippen LogP contribution in [-0.2, 0) is 10.0 Å². The van der Waals surface area contributed by atoms with E-state index in [0.717, 1.165) is 39.4 Å². The van der Waals surface area contributed by atoms with Crippen molar-refractivity contribution in [1.82, 2.24) is 9.78 Å². The van der Waals surface area contributed by atoms with Gasteiger partial charge in [0, 0.05) is 11.6 Å². The lowest BCUT2D eigenvalue weighted by molar-refractivity contribution is 0.483. The highest BCUT2D eigenvalue weighted by molar-refractivity contribution is 7.92. The van der Waals surface area contributed by atoms with E-state index in [1.165, 1.54) is 0 Å². The molecule has 0 spiro atoms. The first-order valence-corrected chi connectivity index (χ1v) is 13.4. The van der Waals surface area contributed by atoms with Crippen LogP contribution in [0.3, 0.4) is 0 Å². The highest BCUT2D eigenvalue weighted by Gasteiger charge is 2.20. The predicted octanol–water partition coefficient (Wildman–Crippen LogP) is 7.06. The number of nitrogens with zero attached hydrogens (tertiary/aromatic N) is 2.